The van der Waals surface area contributed by atoms with Crippen molar-refractivity contribution >= 4 is 0 Å². The first-order chi connectivity index (χ1) is 5.86. The average Bonchev–Trinajstić information content (AvgIpc) is 2.16. The van der Waals surface area contributed by atoms with Crippen LogP contribution < -0.4 is 5.32 Å². The van der Waals surface area contributed by atoms with Crippen LogP contribution in [-0.2, 0) is 4.74 Å². The maximum atomic E-state index is 8.88. The first-order valence-corrected chi connectivity index (χ1v) is 4.44. The van der Waals surface area contributed by atoms with Gasteiger partial charge in [0.15, 0.2) is 0 Å². The molecule has 0 amide bonds. The molecule has 0 saturated carbocycles. The van der Waals surface area contributed by atoms with Gasteiger partial charge in [-0.05, 0) is 12.8 Å². The van der Waals surface area contributed by atoms with E-state index in [0.29, 0.717) is 6.04 Å². The Bertz CT molecular complexity index is 132. The Morgan fingerprint density at radius 2 is 2.58 bits per heavy atom. The van der Waals surface area contributed by atoms with Crippen LogP contribution in [0.5, 0.6) is 0 Å². The molecule has 3 heteroatoms. The van der Waals surface area contributed by atoms with E-state index in [1.165, 1.54) is 0 Å². The van der Waals surface area contributed by atoms with E-state index in [1.54, 1.807) is 6.08 Å². The highest BCUT2D eigenvalue weighted by atomic mass is 16.5. The molecule has 0 spiro atoms. The number of hydrogen-bond donors (Lipinski definition) is 2. The van der Waals surface area contributed by atoms with Gasteiger partial charge in [-0.15, -0.1) is 6.58 Å². The van der Waals surface area contributed by atoms with Crippen molar-refractivity contribution in [3.8, 4) is 0 Å². The van der Waals surface area contributed by atoms with Gasteiger partial charge in [0.2, 0.25) is 0 Å². The fourth-order valence-corrected chi connectivity index (χ4v) is 1.37. The summed E-state index contributed by atoms with van der Waals surface area (Å²) in [6.07, 6.45) is 3.96. The molecule has 0 aromatic rings. The van der Waals surface area contributed by atoms with Gasteiger partial charge in [-0.2, -0.15) is 0 Å². The van der Waals surface area contributed by atoms with Crippen molar-refractivity contribution in [2.45, 2.75) is 24.9 Å². The lowest BCUT2D eigenvalue weighted by molar-refractivity contribution is 0.0653. The summed E-state index contributed by atoms with van der Waals surface area (Å²) < 4.78 is 5.29. The first-order valence-electron chi connectivity index (χ1n) is 4.44. The van der Waals surface area contributed by atoms with E-state index in [0.717, 1.165) is 26.1 Å². The average molecular weight is 171 g/mol. The summed E-state index contributed by atoms with van der Waals surface area (Å²) in [6, 6.07) is 0.394. The smallest absolute Gasteiger partial charge is 0.0620 e. The molecule has 0 aromatic carbocycles. The van der Waals surface area contributed by atoms with Gasteiger partial charge >= 0.3 is 0 Å². The van der Waals surface area contributed by atoms with Crippen LogP contribution in [0.25, 0.3) is 0 Å². The van der Waals surface area contributed by atoms with Gasteiger partial charge in [0, 0.05) is 18.7 Å². The lowest BCUT2D eigenvalue weighted by atomic mass is 10.1. The van der Waals surface area contributed by atoms with Gasteiger partial charge in [-0.1, -0.05) is 6.08 Å². The van der Waals surface area contributed by atoms with Gasteiger partial charge < -0.3 is 15.2 Å². The molecule has 2 N–H and O–H groups in total. The zero-order chi connectivity index (χ0) is 8.81. The zero-order valence-electron chi connectivity index (χ0n) is 7.33. The molecule has 0 bridgehead atoms. The van der Waals surface area contributed by atoms with Crippen LogP contribution in [0.2, 0.25) is 0 Å². The van der Waals surface area contributed by atoms with E-state index in [1.807, 2.05) is 0 Å². The molecule has 12 heavy (non-hydrogen) atoms. The van der Waals surface area contributed by atoms with Crippen LogP contribution in [0.4, 0.5) is 0 Å². The van der Waals surface area contributed by atoms with E-state index in [9.17, 15) is 0 Å². The highest BCUT2D eigenvalue weighted by Crippen LogP contribution is 2.06. The Morgan fingerprint density at radius 1 is 1.75 bits per heavy atom. The monoisotopic (exact) mass is 171 g/mol. The Balaban J connectivity index is 2.22. The first kappa shape index (κ1) is 9.71. The van der Waals surface area contributed by atoms with Crippen molar-refractivity contribution in [3.63, 3.8) is 0 Å². The van der Waals surface area contributed by atoms with Gasteiger partial charge in [0.25, 0.3) is 0 Å². The molecule has 1 saturated heterocycles. The summed E-state index contributed by atoms with van der Waals surface area (Å²) in [6.45, 7) is 5.37. The molecule has 1 aliphatic rings. The summed E-state index contributed by atoms with van der Waals surface area (Å²) in [4.78, 5) is 0. The normalized spacial score (nSPS) is 26.6. The number of aliphatic hydroxyl groups is 1. The van der Waals surface area contributed by atoms with Crippen LogP contribution in [0.3, 0.4) is 0 Å². The Labute approximate surface area is 73.4 Å². The second-order valence-electron chi connectivity index (χ2n) is 3.11. The van der Waals surface area contributed by atoms with Crippen LogP contribution >= 0.6 is 0 Å². The zero-order valence-corrected chi connectivity index (χ0v) is 7.33. The Morgan fingerprint density at radius 3 is 3.08 bits per heavy atom. The van der Waals surface area contributed by atoms with E-state index >= 15 is 0 Å². The number of hydrogen-bond acceptors (Lipinski definition) is 3. The molecule has 1 aliphatic heterocycles. The molecule has 1 heterocycles. The van der Waals surface area contributed by atoms with Crippen molar-refractivity contribution in [2.24, 2.45) is 0 Å². The largest absolute Gasteiger partial charge is 0.394 e. The van der Waals surface area contributed by atoms with E-state index < -0.39 is 0 Å². The molecular weight excluding hydrogens is 154 g/mol. The van der Waals surface area contributed by atoms with Crippen molar-refractivity contribution in [2.75, 3.05) is 19.8 Å². The maximum Gasteiger partial charge on any atom is 0.0620 e. The van der Waals surface area contributed by atoms with Crippen LogP contribution in [0, 0.1) is 0 Å². The summed E-state index contributed by atoms with van der Waals surface area (Å²) in [7, 11) is 0. The van der Waals surface area contributed by atoms with Gasteiger partial charge in [0.05, 0.1) is 13.2 Å². The van der Waals surface area contributed by atoms with Crippen molar-refractivity contribution in [3.05, 3.63) is 12.7 Å². The predicted molar refractivity (Wildman–Crippen MR) is 48.0 cm³/mol. The third kappa shape index (κ3) is 2.93. The second kappa shape index (κ2) is 5.30. The quantitative estimate of drug-likeness (QED) is 0.598. The van der Waals surface area contributed by atoms with Gasteiger partial charge in [0.1, 0.15) is 0 Å². The van der Waals surface area contributed by atoms with Crippen LogP contribution in [0.1, 0.15) is 12.8 Å². The predicted octanol–water partition coefficient (Wildman–Crippen LogP) is 0.302. The summed E-state index contributed by atoms with van der Waals surface area (Å²) >= 11 is 0. The van der Waals surface area contributed by atoms with Gasteiger partial charge in [-0.25, -0.2) is 0 Å². The van der Waals surface area contributed by atoms with Crippen LogP contribution in [0.15, 0.2) is 12.7 Å². The summed E-state index contributed by atoms with van der Waals surface area (Å²) in [5, 5.41) is 12.1. The van der Waals surface area contributed by atoms with E-state index in [-0.39, 0.29) is 12.6 Å². The van der Waals surface area contributed by atoms with Crippen LogP contribution in [-0.4, -0.2) is 37.0 Å². The minimum atomic E-state index is 0.0108. The minimum absolute atomic E-state index is 0.0108. The molecule has 70 valence electrons. The van der Waals surface area contributed by atoms with Crippen molar-refractivity contribution in [1.29, 1.82) is 0 Å². The number of rotatable bonds is 4. The molecular formula is C9H17NO2. The highest BCUT2D eigenvalue weighted by molar-refractivity contribution is 4.88. The molecule has 3 nitrogen and oxygen atoms in total. The van der Waals surface area contributed by atoms with E-state index in [2.05, 4.69) is 11.9 Å². The number of ether oxygens (including phenoxy) is 1. The molecule has 1 unspecified atom stereocenters. The standard InChI is InChI=1S/C9H17NO2/c1-2-8(6-11)10-9-4-3-5-12-7-9/h2,8-11H,1,3-7H2/t8-,9?/m0/s1. The third-order valence-electron chi connectivity index (χ3n) is 2.09. The Hall–Kier alpha value is -0.380. The Kier molecular flexibility index (Phi) is 4.29. The number of nitrogens with one attached hydrogen (secondary N) is 1. The molecule has 1 rings (SSSR count). The van der Waals surface area contributed by atoms with Gasteiger partial charge in [-0.3, -0.25) is 0 Å². The lowest BCUT2D eigenvalue weighted by Crippen LogP contribution is -2.43. The molecule has 0 radical (unpaired) electrons. The van der Waals surface area contributed by atoms with E-state index in [4.69, 9.17) is 9.84 Å². The maximum absolute atomic E-state index is 8.88. The lowest BCUT2D eigenvalue weighted by Gasteiger charge is -2.26. The topological polar surface area (TPSA) is 41.5 Å². The second-order valence-corrected chi connectivity index (χ2v) is 3.11. The molecule has 0 aromatic heterocycles. The summed E-state index contributed by atoms with van der Waals surface area (Å²) in [5.41, 5.74) is 0. The van der Waals surface area contributed by atoms with Crippen molar-refractivity contribution in [1.82, 2.24) is 5.32 Å². The number of aliphatic hydroxyl groups excluding tert-OH is 1. The third-order valence-corrected chi connectivity index (χ3v) is 2.09. The minimum Gasteiger partial charge on any atom is -0.394 e. The molecule has 1 fully saturated rings. The fourth-order valence-electron chi connectivity index (χ4n) is 1.37. The summed E-state index contributed by atoms with van der Waals surface area (Å²) in [5.74, 6) is 0. The highest BCUT2D eigenvalue weighted by Gasteiger charge is 2.15. The SMILES string of the molecule is C=C[C@@H](CO)NC1CCCOC1. The van der Waals surface area contributed by atoms with Crippen molar-refractivity contribution < 1.29 is 9.84 Å². The molecule has 0 aliphatic carbocycles. The fraction of sp³-hybridized carbons (Fsp3) is 0.778. The molecule has 2 atom stereocenters.